The van der Waals surface area contributed by atoms with E-state index in [-0.39, 0.29) is 13.2 Å². The van der Waals surface area contributed by atoms with Gasteiger partial charge in [-0.15, -0.1) is 0 Å². The maximum absolute atomic E-state index is 11.3. The molecule has 0 spiro atoms. The second kappa shape index (κ2) is 4.58. The Morgan fingerprint density at radius 2 is 1.40 bits per heavy atom. The molecule has 1 aliphatic carbocycles. The minimum atomic E-state index is -1.38. The highest BCUT2D eigenvalue weighted by atomic mass is 35.5. The van der Waals surface area contributed by atoms with Gasteiger partial charge in [-0.3, -0.25) is 9.59 Å². The zero-order valence-corrected chi connectivity index (χ0v) is 9.97. The third kappa shape index (κ3) is 2.37. The number of ether oxygens (including phenoxy) is 2. The van der Waals surface area contributed by atoms with Gasteiger partial charge in [0, 0.05) is 0 Å². The van der Waals surface area contributed by atoms with E-state index < -0.39 is 28.1 Å². The van der Waals surface area contributed by atoms with Crippen molar-refractivity contribution in [3.8, 4) is 0 Å². The molecule has 0 bridgehead atoms. The Hall–Kier alpha value is -0.480. The van der Waals surface area contributed by atoms with Gasteiger partial charge in [0.2, 0.25) is 0 Å². The molecule has 4 nitrogen and oxygen atoms in total. The van der Waals surface area contributed by atoms with Crippen LogP contribution in [0.1, 0.15) is 13.8 Å². The number of rotatable bonds is 4. The van der Waals surface area contributed by atoms with Crippen molar-refractivity contribution in [2.45, 2.75) is 18.2 Å². The highest BCUT2D eigenvalue weighted by Crippen LogP contribution is 2.60. The van der Waals surface area contributed by atoms with Gasteiger partial charge in [-0.1, -0.05) is 23.2 Å². The van der Waals surface area contributed by atoms with Crippen LogP contribution in [-0.2, 0) is 19.1 Å². The average Bonchev–Trinajstić information content (AvgIpc) is 2.70. The SMILES string of the molecule is CCOC(=O)[C@@H]1[C@H](C(=O)OCC)C1(Cl)Cl. The van der Waals surface area contributed by atoms with Gasteiger partial charge in [0.05, 0.1) is 13.2 Å². The monoisotopic (exact) mass is 254 g/mol. The molecule has 0 amide bonds. The highest BCUT2D eigenvalue weighted by Gasteiger charge is 2.72. The van der Waals surface area contributed by atoms with Crippen LogP contribution < -0.4 is 0 Å². The third-order valence-electron chi connectivity index (χ3n) is 2.13. The maximum Gasteiger partial charge on any atom is 0.313 e. The van der Waals surface area contributed by atoms with Crippen molar-refractivity contribution in [1.82, 2.24) is 0 Å². The van der Waals surface area contributed by atoms with Crippen LogP contribution in [0, 0.1) is 11.8 Å². The number of alkyl halides is 2. The Balaban J connectivity index is 2.62. The van der Waals surface area contributed by atoms with Gasteiger partial charge < -0.3 is 9.47 Å². The lowest BCUT2D eigenvalue weighted by Gasteiger charge is -2.00. The lowest BCUT2D eigenvalue weighted by Crippen LogP contribution is -2.13. The molecule has 0 N–H and O–H groups in total. The molecule has 0 saturated heterocycles. The summed E-state index contributed by atoms with van der Waals surface area (Å²) in [5.74, 6) is -2.72. The fourth-order valence-corrected chi connectivity index (χ4v) is 2.11. The van der Waals surface area contributed by atoms with Crippen molar-refractivity contribution in [3.63, 3.8) is 0 Å². The Morgan fingerprint density at radius 3 is 1.67 bits per heavy atom. The topological polar surface area (TPSA) is 52.6 Å². The lowest BCUT2D eigenvalue weighted by molar-refractivity contribution is -0.150. The van der Waals surface area contributed by atoms with Gasteiger partial charge in [-0.05, 0) is 13.8 Å². The standard InChI is InChI=1S/C9H12Cl2O4/c1-3-14-7(12)5-6(9(5,10)11)8(13)15-4-2/h5-6H,3-4H2,1-2H3/t5-,6+. The molecule has 1 rings (SSSR count). The molecule has 6 heteroatoms. The van der Waals surface area contributed by atoms with Crippen LogP contribution in [-0.4, -0.2) is 29.5 Å². The first kappa shape index (κ1) is 12.6. The number of carbonyl (C=O) groups is 2. The molecule has 1 saturated carbocycles. The second-order valence-corrected chi connectivity index (χ2v) is 4.58. The molecule has 1 aliphatic rings. The Kier molecular flexibility index (Phi) is 3.84. The first-order valence-electron chi connectivity index (χ1n) is 4.67. The van der Waals surface area contributed by atoms with Crippen molar-refractivity contribution in [2.24, 2.45) is 11.8 Å². The number of esters is 2. The summed E-state index contributed by atoms with van der Waals surface area (Å²) in [6.45, 7) is 3.80. The van der Waals surface area contributed by atoms with Crippen LogP contribution >= 0.6 is 23.2 Å². The molecular formula is C9H12Cl2O4. The van der Waals surface area contributed by atoms with Crippen LogP contribution in [0.5, 0.6) is 0 Å². The number of hydrogen-bond acceptors (Lipinski definition) is 4. The molecular weight excluding hydrogens is 243 g/mol. The molecule has 2 atom stereocenters. The Morgan fingerprint density at radius 1 is 1.07 bits per heavy atom. The quantitative estimate of drug-likeness (QED) is 0.564. The van der Waals surface area contributed by atoms with E-state index in [4.69, 9.17) is 32.7 Å². The zero-order valence-electron chi connectivity index (χ0n) is 8.46. The fraction of sp³-hybridized carbons (Fsp3) is 0.778. The summed E-state index contributed by atoms with van der Waals surface area (Å²) in [6.07, 6.45) is 0. The largest absolute Gasteiger partial charge is 0.466 e. The first-order chi connectivity index (χ1) is 6.96. The van der Waals surface area contributed by atoms with Gasteiger partial charge in [-0.25, -0.2) is 0 Å². The van der Waals surface area contributed by atoms with Crippen molar-refractivity contribution in [2.75, 3.05) is 13.2 Å². The molecule has 1 fully saturated rings. The summed E-state index contributed by atoms with van der Waals surface area (Å²) in [6, 6.07) is 0. The van der Waals surface area contributed by atoms with Gasteiger partial charge in [0.25, 0.3) is 0 Å². The predicted molar refractivity (Wildman–Crippen MR) is 54.7 cm³/mol. The van der Waals surface area contributed by atoms with E-state index in [1.54, 1.807) is 13.8 Å². The molecule has 0 radical (unpaired) electrons. The zero-order chi connectivity index (χ0) is 11.6. The summed E-state index contributed by atoms with van der Waals surface area (Å²) < 4.78 is 8.11. The smallest absolute Gasteiger partial charge is 0.313 e. The number of hydrogen-bond donors (Lipinski definition) is 0. The van der Waals surface area contributed by atoms with Gasteiger partial charge >= 0.3 is 11.9 Å². The van der Waals surface area contributed by atoms with Crippen LogP contribution in [0.15, 0.2) is 0 Å². The average molecular weight is 255 g/mol. The van der Waals surface area contributed by atoms with Crippen molar-refractivity contribution >= 4 is 35.1 Å². The van der Waals surface area contributed by atoms with E-state index in [0.717, 1.165) is 0 Å². The van der Waals surface area contributed by atoms with Crippen LogP contribution in [0.2, 0.25) is 0 Å². The highest BCUT2D eigenvalue weighted by molar-refractivity contribution is 6.54. The normalized spacial score (nSPS) is 26.9. The first-order valence-corrected chi connectivity index (χ1v) is 5.43. The van der Waals surface area contributed by atoms with E-state index in [9.17, 15) is 9.59 Å². The molecule has 86 valence electrons. The fourth-order valence-electron chi connectivity index (χ4n) is 1.38. The molecule has 0 aromatic heterocycles. The second-order valence-electron chi connectivity index (χ2n) is 3.13. The Bertz CT molecular complexity index is 251. The summed E-state index contributed by atoms with van der Waals surface area (Å²) >= 11 is 11.6. The van der Waals surface area contributed by atoms with Crippen LogP contribution in [0.3, 0.4) is 0 Å². The summed E-state index contributed by atoms with van der Waals surface area (Å²) in [7, 11) is 0. The predicted octanol–water partition coefficient (Wildman–Crippen LogP) is 1.53. The summed E-state index contributed by atoms with van der Waals surface area (Å²) in [5.41, 5.74) is 0. The van der Waals surface area contributed by atoms with Gasteiger partial charge in [-0.2, -0.15) is 0 Å². The van der Waals surface area contributed by atoms with E-state index in [0.29, 0.717) is 0 Å². The van der Waals surface area contributed by atoms with Crippen LogP contribution in [0.4, 0.5) is 0 Å². The van der Waals surface area contributed by atoms with Crippen molar-refractivity contribution in [3.05, 3.63) is 0 Å². The van der Waals surface area contributed by atoms with Gasteiger partial charge in [0.1, 0.15) is 16.2 Å². The summed E-state index contributed by atoms with van der Waals surface area (Å²) in [4.78, 5) is 22.7. The van der Waals surface area contributed by atoms with E-state index in [1.165, 1.54) is 0 Å². The van der Waals surface area contributed by atoms with E-state index >= 15 is 0 Å². The summed E-state index contributed by atoms with van der Waals surface area (Å²) in [5, 5.41) is 0. The van der Waals surface area contributed by atoms with E-state index in [1.807, 2.05) is 0 Å². The van der Waals surface area contributed by atoms with Crippen molar-refractivity contribution in [1.29, 1.82) is 0 Å². The number of halogens is 2. The minimum absolute atomic E-state index is 0.231. The maximum atomic E-state index is 11.3. The molecule has 0 unspecified atom stereocenters. The molecule has 0 aromatic carbocycles. The van der Waals surface area contributed by atoms with E-state index in [2.05, 4.69) is 0 Å². The van der Waals surface area contributed by atoms with Crippen molar-refractivity contribution < 1.29 is 19.1 Å². The lowest BCUT2D eigenvalue weighted by atomic mass is 10.3. The molecule has 0 aromatic rings. The molecule has 0 heterocycles. The Labute approximate surface area is 97.8 Å². The molecule has 0 aliphatic heterocycles. The van der Waals surface area contributed by atoms with Gasteiger partial charge in [0.15, 0.2) is 0 Å². The number of carbonyl (C=O) groups excluding carboxylic acids is 2. The molecule has 15 heavy (non-hydrogen) atoms. The van der Waals surface area contributed by atoms with Crippen LogP contribution in [0.25, 0.3) is 0 Å². The third-order valence-corrected chi connectivity index (χ3v) is 3.07. The minimum Gasteiger partial charge on any atom is -0.466 e.